The Hall–Kier alpha value is -4.41. The fourth-order valence-electron chi connectivity index (χ4n) is 6.94. The maximum Gasteiger partial charge on any atom is 0.130 e. The predicted octanol–water partition coefficient (Wildman–Crippen LogP) is 10.8. The van der Waals surface area contributed by atoms with Crippen LogP contribution in [0.15, 0.2) is 97.1 Å². The SMILES string of the molecule is Cc1cc(C)c2c(n1)sc1cc(C3Nc4ccccc4N3c3c(C(C)C)c4ccccc4c4ccccc34)ccc12. The van der Waals surface area contributed by atoms with E-state index in [-0.39, 0.29) is 6.17 Å². The third kappa shape index (κ3) is 3.60. The van der Waals surface area contributed by atoms with Crippen LogP contribution in [0.2, 0.25) is 0 Å². The Balaban J connectivity index is 1.42. The highest BCUT2D eigenvalue weighted by molar-refractivity contribution is 7.25. The van der Waals surface area contributed by atoms with Gasteiger partial charge in [0.05, 0.1) is 17.1 Å². The zero-order valence-electron chi connectivity index (χ0n) is 23.7. The highest BCUT2D eigenvalue weighted by Gasteiger charge is 2.35. The molecule has 0 spiro atoms. The first kappa shape index (κ1) is 24.4. The van der Waals surface area contributed by atoms with Gasteiger partial charge in [0.1, 0.15) is 11.0 Å². The zero-order valence-corrected chi connectivity index (χ0v) is 24.5. The highest BCUT2D eigenvalue weighted by Crippen LogP contribution is 2.52. The largest absolute Gasteiger partial charge is 0.359 e. The molecule has 0 aliphatic carbocycles. The number of benzene rings is 5. The number of aryl methyl sites for hydroxylation is 2. The summed E-state index contributed by atoms with van der Waals surface area (Å²) in [6.45, 7) is 8.93. The van der Waals surface area contributed by atoms with Gasteiger partial charge in [-0.2, -0.15) is 0 Å². The molecule has 0 saturated carbocycles. The summed E-state index contributed by atoms with van der Waals surface area (Å²) in [5, 5.41) is 11.7. The van der Waals surface area contributed by atoms with Crippen LogP contribution in [0.4, 0.5) is 17.1 Å². The van der Waals surface area contributed by atoms with Crippen LogP contribution in [0.1, 0.15) is 48.3 Å². The summed E-state index contributed by atoms with van der Waals surface area (Å²) in [7, 11) is 0. The highest BCUT2D eigenvalue weighted by atomic mass is 32.1. The van der Waals surface area contributed by atoms with E-state index < -0.39 is 0 Å². The zero-order chi connectivity index (χ0) is 27.8. The molecule has 1 aliphatic heterocycles. The fraction of sp³-hybridized carbons (Fsp3) is 0.162. The van der Waals surface area contributed by atoms with Crippen LogP contribution in [-0.2, 0) is 0 Å². The molecule has 1 atom stereocenters. The van der Waals surface area contributed by atoms with Gasteiger partial charge >= 0.3 is 0 Å². The minimum atomic E-state index is -0.0418. The van der Waals surface area contributed by atoms with Crippen molar-refractivity contribution in [2.75, 3.05) is 10.2 Å². The van der Waals surface area contributed by atoms with Gasteiger partial charge in [-0.05, 0) is 76.9 Å². The van der Waals surface area contributed by atoms with Crippen molar-refractivity contribution in [2.45, 2.75) is 39.8 Å². The molecule has 5 aromatic carbocycles. The van der Waals surface area contributed by atoms with Crippen LogP contribution in [0, 0.1) is 13.8 Å². The lowest BCUT2D eigenvalue weighted by Crippen LogP contribution is -2.25. The average molecular weight is 550 g/mol. The number of nitrogens with one attached hydrogen (secondary N) is 1. The Labute approximate surface area is 244 Å². The molecule has 2 aromatic heterocycles. The molecule has 200 valence electrons. The number of para-hydroxylation sites is 2. The number of nitrogens with zero attached hydrogens (tertiary/aromatic N) is 2. The molecule has 0 amide bonds. The Morgan fingerprint density at radius 1 is 0.756 bits per heavy atom. The van der Waals surface area contributed by atoms with Crippen molar-refractivity contribution in [3.05, 3.63) is 119 Å². The quantitative estimate of drug-likeness (QED) is 0.222. The van der Waals surface area contributed by atoms with Crippen molar-refractivity contribution >= 4 is 70.2 Å². The van der Waals surface area contributed by atoms with Crippen LogP contribution in [-0.4, -0.2) is 4.98 Å². The first-order valence-corrected chi connectivity index (χ1v) is 15.2. The molecular weight excluding hydrogens is 518 g/mol. The summed E-state index contributed by atoms with van der Waals surface area (Å²) in [6.07, 6.45) is -0.0418. The number of pyridine rings is 1. The molecule has 0 radical (unpaired) electrons. The predicted molar refractivity (Wildman–Crippen MR) is 177 cm³/mol. The van der Waals surface area contributed by atoms with E-state index in [1.54, 1.807) is 11.3 Å². The number of anilines is 3. The summed E-state index contributed by atoms with van der Waals surface area (Å²) in [4.78, 5) is 8.56. The van der Waals surface area contributed by atoms with E-state index in [1.807, 2.05) is 0 Å². The fourth-order valence-corrected chi connectivity index (χ4v) is 8.19. The lowest BCUT2D eigenvalue weighted by molar-refractivity contribution is 0.809. The van der Waals surface area contributed by atoms with Gasteiger partial charge in [0.15, 0.2) is 0 Å². The summed E-state index contributed by atoms with van der Waals surface area (Å²) in [6, 6.07) is 35.7. The Morgan fingerprint density at radius 2 is 1.44 bits per heavy atom. The third-order valence-electron chi connectivity index (χ3n) is 8.59. The van der Waals surface area contributed by atoms with Gasteiger partial charge in [-0.25, -0.2) is 4.98 Å². The van der Waals surface area contributed by atoms with E-state index in [1.165, 1.54) is 65.1 Å². The second-order valence-corrected chi connectivity index (χ2v) is 12.6. The summed E-state index contributed by atoms with van der Waals surface area (Å²) in [5.74, 6) is 0.343. The number of fused-ring (bicyclic) bond motifs is 7. The molecule has 0 bridgehead atoms. The summed E-state index contributed by atoms with van der Waals surface area (Å²) >= 11 is 1.80. The van der Waals surface area contributed by atoms with E-state index >= 15 is 0 Å². The number of hydrogen-bond acceptors (Lipinski definition) is 4. The van der Waals surface area contributed by atoms with Crippen LogP contribution in [0.3, 0.4) is 0 Å². The number of hydrogen-bond donors (Lipinski definition) is 1. The molecule has 8 rings (SSSR count). The number of rotatable bonds is 3. The molecule has 3 nitrogen and oxygen atoms in total. The van der Waals surface area contributed by atoms with Crippen molar-refractivity contribution in [1.82, 2.24) is 4.98 Å². The van der Waals surface area contributed by atoms with Crippen molar-refractivity contribution in [2.24, 2.45) is 0 Å². The van der Waals surface area contributed by atoms with Gasteiger partial charge in [0, 0.05) is 26.6 Å². The van der Waals surface area contributed by atoms with Crippen LogP contribution < -0.4 is 10.2 Å². The number of aromatic nitrogens is 1. The first-order valence-electron chi connectivity index (χ1n) is 14.4. The number of thiophene rings is 1. The van der Waals surface area contributed by atoms with E-state index in [9.17, 15) is 0 Å². The maximum atomic E-state index is 4.88. The molecule has 1 aliphatic rings. The van der Waals surface area contributed by atoms with E-state index in [4.69, 9.17) is 4.98 Å². The smallest absolute Gasteiger partial charge is 0.130 e. The Morgan fingerprint density at radius 3 is 2.22 bits per heavy atom. The molecule has 1 N–H and O–H groups in total. The van der Waals surface area contributed by atoms with Crippen molar-refractivity contribution < 1.29 is 0 Å². The Bertz CT molecular complexity index is 2160. The van der Waals surface area contributed by atoms with E-state index in [0.717, 1.165) is 16.2 Å². The molecule has 41 heavy (non-hydrogen) atoms. The lowest BCUT2D eigenvalue weighted by Gasteiger charge is -2.32. The lowest BCUT2D eigenvalue weighted by atomic mass is 9.88. The molecule has 4 heteroatoms. The van der Waals surface area contributed by atoms with Crippen LogP contribution in [0.25, 0.3) is 41.8 Å². The topological polar surface area (TPSA) is 28.2 Å². The van der Waals surface area contributed by atoms with Crippen molar-refractivity contribution in [3.8, 4) is 0 Å². The van der Waals surface area contributed by atoms with Crippen molar-refractivity contribution in [1.29, 1.82) is 0 Å². The minimum absolute atomic E-state index is 0.0418. The Kier molecular flexibility index (Phi) is 5.38. The van der Waals surface area contributed by atoms with E-state index in [0.29, 0.717) is 5.92 Å². The van der Waals surface area contributed by atoms with Gasteiger partial charge in [0.2, 0.25) is 0 Å². The standard InChI is InChI=1S/C37H31N3S/c1-21(2)33-27-13-7-5-11-25(27)26-12-6-8-14-28(26)35(33)40-31-16-10-9-15-30(31)39-36(40)24-17-18-29-32(20-24)41-37-34(29)22(3)19-23(4)38-37/h5-21,36,39H,1-4H3. The van der Waals surface area contributed by atoms with Crippen LogP contribution in [0.5, 0.6) is 0 Å². The second kappa shape index (κ2) is 9.05. The second-order valence-electron chi connectivity index (χ2n) is 11.6. The molecule has 0 saturated heterocycles. The van der Waals surface area contributed by atoms with Gasteiger partial charge in [-0.3, -0.25) is 0 Å². The third-order valence-corrected chi connectivity index (χ3v) is 9.63. The molecule has 0 fully saturated rings. The first-order chi connectivity index (χ1) is 20.0. The molecule has 7 aromatic rings. The van der Waals surface area contributed by atoms with Gasteiger partial charge < -0.3 is 10.2 Å². The van der Waals surface area contributed by atoms with Gasteiger partial charge in [0.25, 0.3) is 0 Å². The van der Waals surface area contributed by atoms with E-state index in [2.05, 4.69) is 135 Å². The summed E-state index contributed by atoms with van der Waals surface area (Å²) in [5.41, 5.74) is 8.68. The normalized spacial score (nSPS) is 15.0. The molecule has 3 heterocycles. The van der Waals surface area contributed by atoms with Gasteiger partial charge in [-0.1, -0.05) is 86.6 Å². The minimum Gasteiger partial charge on any atom is -0.359 e. The monoisotopic (exact) mass is 549 g/mol. The molecular formula is C37H31N3S. The average Bonchev–Trinajstić information content (AvgIpc) is 3.54. The van der Waals surface area contributed by atoms with Crippen molar-refractivity contribution in [3.63, 3.8) is 0 Å². The summed E-state index contributed by atoms with van der Waals surface area (Å²) < 4.78 is 1.28. The maximum absolute atomic E-state index is 4.88. The molecule has 1 unspecified atom stereocenters. The van der Waals surface area contributed by atoms with Crippen LogP contribution >= 0.6 is 11.3 Å². The van der Waals surface area contributed by atoms with Gasteiger partial charge in [-0.15, -0.1) is 11.3 Å².